The molecule has 4 N–H and O–H groups in total. The van der Waals surface area contributed by atoms with Crippen LogP contribution >= 0.6 is 0 Å². The van der Waals surface area contributed by atoms with E-state index in [1.807, 2.05) is 0 Å². The molecule has 1 saturated heterocycles. The van der Waals surface area contributed by atoms with Crippen LogP contribution in [0.3, 0.4) is 0 Å². The van der Waals surface area contributed by atoms with E-state index in [0.29, 0.717) is 12.1 Å². The highest BCUT2D eigenvalue weighted by atomic mass is 16.4. The lowest BCUT2D eigenvalue weighted by molar-refractivity contribution is -0.142. The highest BCUT2D eigenvalue weighted by molar-refractivity contribution is 5.77. The Morgan fingerprint density at radius 3 is 2.53 bits per heavy atom. The number of para-hydroxylation sites is 1. The van der Waals surface area contributed by atoms with Gasteiger partial charge in [-0.25, -0.2) is 0 Å². The summed E-state index contributed by atoms with van der Waals surface area (Å²) in [6, 6.07) is 5.71. The second-order valence-corrected chi connectivity index (χ2v) is 4.65. The Labute approximate surface area is 109 Å². The van der Waals surface area contributed by atoms with Gasteiger partial charge in [-0.05, 0) is 11.6 Å². The van der Waals surface area contributed by atoms with Crippen molar-refractivity contribution in [3.63, 3.8) is 0 Å². The third kappa shape index (κ3) is 2.68. The van der Waals surface area contributed by atoms with Gasteiger partial charge in [-0.2, -0.15) is 0 Å². The summed E-state index contributed by atoms with van der Waals surface area (Å²) in [6.07, 6.45) is -0.247. The number of rotatable bonds is 4. The maximum atomic E-state index is 11.1. The number of carboxylic acid groups (broad SMARTS) is 2. The lowest BCUT2D eigenvalue weighted by atomic mass is 9.82. The topological polar surface area (TPSA) is 107 Å². The maximum absolute atomic E-state index is 11.1. The quantitative estimate of drug-likeness (QED) is 0.636. The van der Waals surface area contributed by atoms with Crippen molar-refractivity contribution in [2.45, 2.75) is 18.4 Å². The van der Waals surface area contributed by atoms with Gasteiger partial charge in [-0.1, -0.05) is 18.2 Å². The molecule has 1 heterocycles. The van der Waals surface area contributed by atoms with Crippen molar-refractivity contribution in [1.29, 1.82) is 0 Å². The molecule has 1 fully saturated rings. The summed E-state index contributed by atoms with van der Waals surface area (Å²) in [7, 11) is 0. The molecular formula is C13H15NO5. The SMILES string of the molecule is O=C(O)C[C@@H]1[C@@H](c2ccccc2O)CN[C@H]1C(=O)O. The first-order valence-electron chi connectivity index (χ1n) is 5.96. The van der Waals surface area contributed by atoms with Gasteiger partial charge in [0.2, 0.25) is 0 Å². The normalized spacial score (nSPS) is 26.2. The Balaban J connectivity index is 2.31. The van der Waals surface area contributed by atoms with E-state index in [9.17, 15) is 14.7 Å². The maximum Gasteiger partial charge on any atom is 0.321 e. The molecule has 102 valence electrons. The highest BCUT2D eigenvalue weighted by Crippen LogP contribution is 2.38. The summed E-state index contributed by atoms with van der Waals surface area (Å²) in [6.45, 7) is 0.340. The molecule has 6 heteroatoms. The fraction of sp³-hybridized carbons (Fsp3) is 0.385. The molecule has 0 amide bonds. The molecule has 0 aliphatic carbocycles. The first-order valence-corrected chi connectivity index (χ1v) is 5.96. The number of aromatic hydroxyl groups is 1. The van der Waals surface area contributed by atoms with Crippen LogP contribution in [-0.2, 0) is 9.59 Å². The van der Waals surface area contributed by atoms with Crippen molar-refractivity contribution in [1.82, 2.24) is 5.32 Å². The number of hydrogen-bond acceptors (Lipinski definition) is 4. The van der Waals surface area contributed by atoms with E-state index in [1.165, 1.54) is 6.07 Å². The third-order valence-electron chi connectivity index (χ3n) is 3.52. The monoisotopic (exact) mass is 265 g/mol. The number of phenols is 1. The molecule has 0 spiro atoms. The highest BCUT2D eigenvalue weighted by Gasteiger charge is 2.42. The van der Waals surface area contributed by atoms with E-state index in [2.05, 4.69) is 5.32 Å². The molecule has 2 rings (SSSR count). The number of benzene rings is 1. The average Bonchev–Trinajstić information content (AvgIpc) is 2.72. The summed E-state index contributed by atoms with van der Waals surface area (Å²) in [4.78, 5) is 22.0. The van der Waals surface area contributed by atoms with Crippen molar-refractivity contribution < 1.29 is 24.9 Å². The number of nitrogens with one attached hydrogen (secondary N) is 1. The fourth-order valence-electron chi connectivity index (χ4n) is 2.66. The van der Waals surface area contributed by atoms with Gasteiger partial charge >= 0.3 is 11.9 Å². The second-order valence-electron chi connectivity index (χ2n) is 4.65. The Kier molecular flexibility index (Phi) is 3.71. The van der Waals surface area contributed by atoms with Gasteiger partial charge in [0.05, 0.1) is 6.42 Å². The van der Waals surface area contributed by atoms with Crippen LogP contribution in [0.1, 0.15) is 17.9 Å². The lowest BCUT2D eigenvalue weighted by Crippen LogP contribution is -2.36. The van der Waals surface area contributed by atoms with Crippen LogP contribution in [0.5, 0.6) is 5.75 Å². The molecule has 0 aromatic heterocycles. The standard InChI is InChI=1S/C13H15NO5/c15-10-4-2-1-3-7(10)9-6-14-12(13(18)19)8(9)5-11(16)17/h1-4,8-9,12,14-15H,5-6H2,(H,16,17)(H,18,19)/t8-,9-,12-/m1/s1. The van der Waals surface area contributed by atoms with E-state index in [0.717, 1.165) is 0 Å². The van der Waals surface area contributed by atoms with Crippen LogP contribution in [-0.4, -0.2) is 39.8 Å². The van der Waals surface area contributed by atoms with Crippen molar-refractivity contribution in [3.05, 3.63) is 29.8 Å². The molecule has 1 aromatic carbocycles. The molecule has 1 aliphatic heterocycles. The summed E-state index contributed by atoms with van der Waals surface area (Å²) < 4.78 is 0. The van der Waals surface area contributed by atoms with Gasteiger partial charge < -0.3 is 20.6 Å². The largest absolute Gasteiger partial charge is 0.508 e. The molecule has 19 heavy (non-hydrogen) atoms. The molecule has 3 atom stereocenters. The number of aliphatic carboxylic acids is 2. The minimum absolute atomic E-state index is 0.0655. The number of carboxylic acids is 2. The number of carbonyl (C=O) groups is 2. The van der Waals surface area contributed by atoms with Crippen LogP contribution < -0.4 is 5.32 Å². The van der Waals surface area contributed by atoms with Crippen molar-refractivity contribution in [3.8, 4) is 5.75 Å². The predicted octanol–water partition coefficient (Wildman–Crippen LogP) is 0.623. The molecule has 0 bridgehead atoms. The average molecular weight is 265 g/mol. The van der Waals surface area contributed by atoms with Crippen LogP contribution in [0.4, 0.5) is 0 Å². The Bertz CT molecular complexity index is 502. The molecule has 6 nitrogen and oxygen atoms in total. The van der Waals surface area contributed by atoms with Gasteiger partial charge in [0, 0.05) is 18.4 Å². The number of phenolic OH excluding ortho intramolecular Hbond substituents is 1. The minimum Gasteiger partial charge on any atom is -0.508 e. The zero-order valence-corrected chi connectivity index (χ0v) is 10.1. The molecule has 0 radical (unpaired) electrons. The van der Waals surface area contributed by atoms with Gasteiger partial charge in [-0.3, -0.25) is 9.59 Å². The van der Waals surface area contributed by atoms with Crippen molar-refractivity contribution >= 4 is 11.9 Å². The van der Waals surface area contributed by atoms with E-state index in [1.54, 1.807) is 18.2 Å². The van der Waals surface area contributed by atoms with Crippen molar-refractivity contribution in [2.75, 3.05) is 6.54 Å². The van der Waals surface area contributed by atoms with Crippen LogP contribution in [0.2, 0.25) is 0 Å². The Morgan fingerprint density at radius 2 is 1.95 bits per heavy atom. The van der Waals surface area contributed by atoms with E-state index in [4.69, 9.17) is 10.2 Å². The van der Waals surface area contributed by atoms with E-state index in [-0.39, 0.29) is 18.1 Å². The molecule has 0 saturated carbocycles. The third-order valence-corrected chi connectivity index (χ3v) is 3.52. The van der Waals surface area contributed by atoms with Gasteiger partial charge in [0.25, 0.3) is 0 Å². The van der Waals surface area contributed by atoms with Crippen LogP contribution in [0, 0.1) is 5.92 Å². The van der Waals surface area contributed by atoms with E-state index < -0.39 is 23.9 Å². The number of hydrogen-bond donors (Lipinski definition) is 4. The summed E-state index contributed by atoms with van der Waals surface area (Å²) in [5.74, 6) is -2.94. The van der Waals surface area contributed by atoms with Gasteiger partial charge in [0.1, 0.15) is 11.8 Å². The molecular weight excluding hydrogens is 250 g/mol. The van der Waals surface area contributed by atoms with Gasteiger partial charge in [-0.15, -0.1) is 0 Å². The molecule has 1 aliphatic rings. The zero-order valence-electron chi connectivity index (χ0n) is 10.1. The molecule has 1 aromatic rings. The molecule has 0 unspecified atom stereocenters. The summed E-state index contributed by atoms with van der Waals surface area (Å²) >= 11 is 0. The van der Waals surface area contributed by atoms with Crippen LogP contribution in [0.15, 0.2) is 24.3 Å². The zero-order chi connectivity index (χ0) is 14.0. The van der Waals surface area contributed by atoms with Crippen LogP contribution in [0.25, 0.3) is 0 Å². The first-order chi connectivity index (χ1) is 9.00. The fourth-order valence-corrected chi connectivity index (χ4v) is 2.66. The minimum atomic E-state index is -1.07. The Morgan fingerprint density at radius 1 is 1.26 bits per heavy atom. The Hall–Kier alpha value is -2.08. The summed E-state index contributed by atoms with van der Waals surface area (Å²) in [5, 5.41) is 30.7. The van der Waals surface area contributed by atoms with Gasteiger partial charge in [0.15, 0.2) is 0 Å². The smallest absolute Gasteiger partial charge is 0.321 e. The summed E-state index contributed by atoms with van der Waals surface area (Å²) in [5.41, 5.74) is 0.588. The lowest BCUT2D eigenvalue weighted by Gasteiger charge is -2.21. The predicted molar refractivity (Wildman–Crippen MR) is 66.0 cm³/mol. The second kappa shape index (κ2) is 5.27. The first kappa shape index (κ1) is 13.4. The van der Waals surface area contributed by atoms with Crippen molar-refractivity contribution in [2.24, 2.45) is 5.92 Å². The van der Waals surface area contributed by atoms with E-state index >= 15 is 0 Å².